The number of nitrogens with two attached hydrogens (primary N) is 1. The van der Waals surface area contributed by atoms with Crippen LogP contribution < -0.4 is 16.0 Å². The third-order valence-electron chi connectivity index (χ3n) is 4.59. The van der Waals surface area contributed by atoms with Crippen molar-refractivity contribution in [3.05, 3.63) is 50.2 Å². The lowest BCUT2D eigenvalue weighted by molar-refractivity contribution is -0.122. The van der Waals surface area contributed by atoms with Crippen molar-refractivity contribution in [3.63, 3.8) is 0 Å². The average Bonchev–Trinajstić information content (AvgIpc) is 2.69. The van der Waals surface area contributed by atoms with Crippen LogP contribution in [0.1, 0.15) is 23.3 Å². The normalized spacial score (nSPS) is 14.8. The molecule has 0 radical (unpaired) electrons. The van der Waals surface area contributed by atoms with Crippen LogP contribution in [0.4, 0.5) is 11.4 Å². The number of hydrogen-bond acceptors (Lipinski definition) is 4. The number of hydrogen-bond donors (Lipinski definition) is 2. The zero-order chi connectivity index (χ0) is 20.4. The maximum Gasteiger partial charge on any atom is 0.275 e. The molecule has 1 aromatic heterocycles. The lowest BCUT2D eigenvalue weighted by Crippen LogP contribution is -2.38. The van der Waals surface area contributed by atoms with Crippen LogP contribution >= 0.6 is 46.4 Å². The van der Waals surface area contributed by atoms with Crippen molar-refractivity contribution in [2.45, 2.75) is 12.8 Å². The number of benzene rings is 1. The molecule has 2 aromatic rings. The van der Waals surface area contributed by atoms with E-state index in [1.54, 1.807) is 12.1 Å². The summed E-state index contributed by atoms with van der Waals surface area (Å²) >= 11 is 23.8. The molecule has 1 saturated heterocycles. The second-order valence-electron chi connectivity index (χ2n) is 6.36. The number of aromatic nitrogens is 1. The maximum absolute atomic E-state index is 12.5. The summed E-state index contributed by atoms with van der Waals surface area (Å²) in [5.74, 6) is -0.863. The number of carbonyl (C=O) groups excluding carboxylic acids is 2. The molecule has 2 heterocycles. The Hall–Kier alpha value is -1.73. The predicted molar refractivity (Wildman–Crippen MR) is 113 cm³/mol. The Morgan fingerprint density at radius 2 is 1.61 bits per heavy atom. The second kappa shape index (κ2) is 8.74. The van der Waals surface area contributed by atoms with Gasteiger partial charge in [0.05, 0.1) is 15.1 Å². The van der Waals surface area contributed by atoms with E-state index in [0.717, 1.165) is 31.6 Å². The number of piperidine rings is 1. The van der Waals surface area contributed by atoms with Crippen LogP contribution in [0.3, 0.4) is 0 Å². The smallest absolute Gasteiger partial charge is 0.275 e. The third kappa shape index (κ3) is 4.46. The number of primary amides is 1. The standard InChI is InChI=1S/C18H16Cl4N4O2/c19-12-13(20)15(25-16(22)14(12)21)18(28)24-10-1-3-11(4-2-10)26-7-5-9(6-8-26)17(23)27/h1-4,9H,5-8H2,(H2,23,27)(H,24,28). The van der Waals surface area contributed by atoms with Gasteiger partial charge >= 0.3 is 0 Å². The molecule has 3 N–H and O–H groups in total. The van der Waals surface area contributed by atoms with E-state index in [0.29, 0.717) is 5.69 Å². The van der Waals surface area contributed by atoms with Crippen LogP contribution in [0.5, 0.6) is 0 Å². The van der Waals surface area contributed by atoms with E-state index < -0.39 is 5.91 Å². The van der Waals surface area contributed by atoms with Gasteiger partial charge in [0.25, 0.3) is 5.91 Å². The number of rotatable bonds is 4. The first-order valence-electron chi connectivity index (χ1n) is 8.43. The summed E-state index contributed by atoms with van der Waals surface area (Å²) in [6.07, 6.45) is 1.46. The number of carbonyl (C=O) groups is 2. The van der Waals surface area contributed by atoms with Crippen molar-refractivity contribution in [1.82, 2.24) is 4.98 Å². The van der Waals surface area contributed by atoms with E-state index in [4.69, 9.17) is 52.1 Å². The number of anilines is 2. The zero-order valence-electron chi connectivity index (χ0n) is 14.5. The van der Waals surface area contributed by atoms with Crippen molar-refractivity contribution in [1.29, 1.82) is 0 Å². The van der Waals surface area contributed by atoms with E-state index >= 15 is 0 Å². The molecule has 0 aliphatic carbocycles. The fourth-order valence-corrected chi connectivity index (χ4v) is 3.82. The van der Waals surface area contributed by atoms with E-state index in [1.165, 1.54) is 0 Å². The molecule has 1 aliphatic rings. The van der Waals surface area contributed by atoms with Crippen LogP contribution in [0, 0.1) is 5.92 Å². The molecule has 0 bridgehead atoms. The number of nitrogens with zero attached hydrogens (tertiary/aromatic N) is 2. The molecule has 0 atom stereocenters. The van der Waals surface area contributed by atoms with Gasteiger partial charge in [-0.3, -0.25) is 9.59 Å². The number of amides is 2. The van der Waals surface area contributed by atoms with Gasteiger partial charge in [-0.15, -0.1) is 0 Å². The molecule has 2 amide bonds. The molecule has 10 heteroatoms. The van der Waals surface area contributed by atoms with Crippen molar-refractivity contribution in [2.24, 2.45) is 11.7 Å². The summed E-state index contributed by atoms with van der Waals surface area (Å²) in [5.41, 5.74) is 6.81. The lowest BCUT2D eigenvalue weighted by atomic mass is 9.96. The van der Waals surface area contributed by atoms with Gasteiger partial charge < -0.3 is 16.0 Å². The molecule has 0 unspecified atom stereocenters. The van der Waals surface area contributed by atoms with Gasteiger partial charge in [-0.05, 0) is 37.1 Å². The summed E-state index contributed by atoms with van der Waals surface area (Å²) in [6.45, 7) is 1.50. The molecule has 0 saturated carbocycles. The number of nitrogens with one attached hydrogen (secondary N) is 1. The Kier molecular flexibility index (Phi) is 6.55. The number of halogens is 4. The topological polar surface area (TPSA) is 88.3 Å². The largest absolute Gasteiger partial charge is 0.371 e. The molecule has 6 nitrogen and oxygen atoms in total. The Balaban J connectivity index is 1.68. The summed E-state index contributed by atoms with van der Waals surface area (Å²) in [4.78, 5) is 29.8. The van der Waals surface area contributed by atoms with Gasteiger partial charge in [-0.1, -0.05) is 46.4 Å². The van der Waals surface area contributed by atoms with Crippen LogP contribution in [-0.4, -0.2) is 29.9 Å². The van der Waals surface area contributed by atoms with Gasteiger partial charge in [0.2, 0.25) is 5.91 Å². The second-order valence-corrected chi connectivity index (χ2v) is 7.85. The Labute approximate surface area is 181 Å². The molecule has 1 aliphatic heterocycles. The summed E-state index contributed by atoms with van der Waals surface area (Å²) in [6, 6.07) is 7.30. The number of pyridine rings is 1. The SMILES string of the molecule is NC(=O)C1CCN(c2ccc(NC(=O)c3nc(Cl)c(Cl)c(Cl)c3Cl)cc2)CC1. The molecule has 3 rings (SSSR count). The minimum atomic E-state index is -0.555. The maximum atomic E-state index is 12.5. The van der Waals surface area contributed by atoms with Crippen LogP contribution in [0.2, 0.25) is 20.2 Å². The Bertz CT molecular complexity index is 913. The van der Waals surface area contributed by atoms with Gasteiger partial charge in [-0.2, -0.15) is 0 Å². The van der Waals surface area contributed by atoms with Crippen molar-refractivity contribution < 1.29 is 9.59 Å². The van der Waals surface area contributed by atoms with E-state index in [1.807, 2.05) is 12.1 Å². The van der Waals surface area contributed by atoms with E-state index in [2.05, 4.69) is 15.2 Å². The fourth-order valence-electron chi connectivity index (χ4n) is 3.01. The summed E-state index contributed by atoms with van der Waals surface area (Å²) in [5, 5.41) is 2.50. The Morgan fingerprint density at radius 3 is 2.18 bits per heavy atom. The summed E-state index contributed by atoms with van der Waals surface area (Å²) in [7, 11) is 0. The first-order chi connectivity index (χ1) is 13.3. The minimum absolute atomic E-state index is 0.00524. The molecular weight excluding hydrogens is 446 g/mol. The first-order valence-corrected chi connectivity index (χ1v) is 9.94. The monoisotopic (exact) mass is 460 g/mol. The van der Waals surface area contributed by atoms with Gasteiger partial charge in [0.1, 0.15) is 10.8 Å². The quantitative estimate of drug-likeness (QED) is 0.648. The van der Waals surface area contributed by atoms with Crippen LogP contribution in [0.25, 0.3) is 0 Å². The zero-order valence-corrected chi connectivity index (χ0v) is 17.5. The first kappa shape index (κ1) is 21.0. The van der Waals surface area contributed by atoms with Crippen molar-refractivity contribution in [2.75, 3.05) is 23.3 Å². The van der Waals surface area contributed by atoms with Gasteiger partial charge in [0, 0.05) is 30.4 Å². The summed E-state index contributed by atoms with van der Waals surface area (Å²) < 4.78 is 0. The minimum Gasteiger partial charge on any atom is -0.371 e. The fraction of sp³-hybridized carbons (Fsp3) is 0.278. The van der Waals surface area contributed by atoms with Crippen molar-refractivity contribution >= 4 is 69.6 Å². The van der Waals surface area contributed by atoms with Crippen molar-refractivity contribution in [3.8, 4) is 0 Å². The third-order valence-corrected chi connectivity index (χ3v) is 6.26. The predicted octanol–water partition coefficient (Wildman–Crippen LogP) is 4.65. The molecule has 28 heavy (non-hydrogen) atoms. The van der Waals surface area contributed by atoms with Crippen LogP contribution in [-0.2, 0) is 4.79 Å². The lowest BCUT2D eigenvalue weighted by Gasteiger charge is -2.32. The molecule has 1 fully saturated rings. The Morgan fingerprint density at radius 1 is 1.00 bits per heavy atom. The highest BCUT2D eigenvalue weighted by Crippen LogP contribution is 2.36. The van der Waals surface area contributed by atoms with E-state index in [9.17, 15) is 9.59 Å². The van der Waals surface area contributed by atoms with Crippen LogP contribution in [0.15, 0.2) is 24.3 Å². The molecule has 1 aromatic carbocycles. The highest BCUT2D eigenvalue weighted by molar-refractivity contribution is 6.52. The van der Waals surface area contributed by atoms with Gasteiger partial charge in [0.15, 0.2) is 0 Å². The van der Waals surface area contributed by atoms with Gasteiger partial charge in [-0.25, -0.2) is 4.98 Å². The molecular formula is C18H16Cl4N4O2. The average molecular weight is 462 g/mol. The highest BCUT2D eigenvalue weighted by Gasteiger charge is 2.23. The molecule has 0 spiro atoms. The highest BCUT2D eigenvalue weighted by atomic mass is 35.5. The molecule has 148 valence electrons. The van der Waals surface area contributed by atoms with E-state index in [-0.39, 0.29) is 37.7 Å².